The van der Waals surface area contributed by atoms with E-state index in [0.29, 0.717) is 25.6 Å². The van der Waals surface area contributed by atoms with Crippen LogP contribution in [0.2, 0.25) is 0 Å². The summed E-state index contributed by atoms with van der Waals surface area (Å²) in [7, 11) is 0. The van der Waals surface area contributed by atoms with Gasteiger partial charge in [-0.1, -0.05) is 48.5 Å². The summed E-state index contributed by atoms with van der Waals surface area (Å²) in [6, 6.07) is 17.1. The SMILES string of the molecule is CCOC(=O)CC1CC2CCCC(C1)N2C(=O)OCC1c2ccccc2-c2ccccc21. The number of fused-ring (bicyclic) bond motifs is 5. The van der Waals surface area contributed by atoms with Crippen molar-refractivity contribution < 1.29 is 19.1 Å². The molecule has 1 amide bonds. The molecule has 2 bridgehead atoms. The number of esters is 1. The number of hydrogen-bond donors (Lipinski definition) is 0. The zero-order valence-corrected chi connectivity index (χ0v) is 18.7. The van der Waals surface area contributed by atoms with Gasteiger partial charge in [-0.3, -0.25) is 4.79 Å². The van der Waals surface area contributed by atoms with Gasteiger partial charge in [0.1, 0.15) is 6.61 Å². The molecule has 32 heavy (non-hydrogen) atoms. The summed E-state index contributed by atoms with van der Waals surface area (Å²) in [6.07, 6.45) is 5.09. The minimum absolute atomic E-state index is 0.0764. The van der Waals surface area contributed by atoms with Crippen molar-refractivity contribution >= 4 is 12.1 Å². The molecule has 1 aliphatic carbocycles. The first-order chi connectivity index (χ1) is 15.7. The minimum Gasteiger partial charge on any atom is -0.466 e. The van der Waals surface area contributed by atoms with Crippen molar-refractivity contribution in [1.82, 2.24) is 4.90 Å². The number of amides is 1. The molecule has 0 aromatic heterocycles. The van der Waals surface area contributed by atoms with Crippen LogP contribution in [0.1, 0.15) is 62.5 Å². The van der Waals surface area contributed by atoms with Crippen LogP contribution in [-0.2, 0) is 14.3 Å². The van der Waals surface area contributed by atoms with E-state index in [9.17, 15) is 9.59 Å². The predicted molar refractivity (Wildman–Crippen MR) is 122 cm³/mol. The van der Waals surface area contributed by atoms with Gasteiger partial charge in [-0.15, -0.1) is 0 Å². The fourth-order valence-electron chi connectivity index (χ4n) is 6.08. The third-order valence-corrected chi connectivity index (χ3v) is 7.38. The molecule has 2 fully saturated rings. The van der Waals surface area contributed by atoms with E-state index in [1.165, 1.54) is 22.3 Å². The Kier molecular flexibility index (Phi) is 5.90. The van der Waals surface area contributed by atoms with Gasteiger partial charge in [-0.2, -0.15) is 0 Å². The lowest BCUT2D eigenvalue weighted by Gasteiger charge is -2.48. The van der Waals surface area contributed by atoms with E-state index in [1.54, 1.807) is 0 Å². The van der Waals surface area contributed by atoms with E-state index < -0.39 is 0 Å². The molecule has 2 aromatic carbocycles. The molecule has 2 saturated heterocycles. The van der Waals surface area contributed by atoms with Crippen LogP contribution in [0.15, 0.2) is 48.5 Å². The molecule has 2 unspecified atom stereocenters. The summed E-state index contributed by atoms with van der Waals surface area (Å²) in [6.45, 7) is 2.62. The van der Waals surface area contributed by atoms with Crippen molar-refractivity contribution in [3.63, 3.8) is 0 Å². The molecule has 0 spiro atoms. The van der Waals surface area contributed by atoms with E-state index in [-0.39, 0.29) is 30.1 Å². The Hall–Kier alpha value is -2.82. The third kappa shape index (κ3) is 3.89. The highest BCUT2D eigenvalue weighted by molar-refractivity contribution is 5.79. The topological polar surface area (TPSA) is 55.8 Å². The zero-order valence-electron chi connectivity index (χ0n) is 18.7. The molecule has 0 N–H and O–H groups in total. The second kappa shape index (κ2) is 8.97. The Labute approximate surface area is 189 Å². The molecular formula is C27H31NO4. The summed E-state index contributed by atoms with van der Waals surface area (Å²) in [5.74, 6) is 0.250. The highest BCUT2D eigenvalue weighted by atomic mass is 16.6. The molecule has 168 valence electrons. The molecule has 5 heteroatoms. The van der Waals surface area contributed by atoms with Gasteiger partial charge >= 0.3 is 12.1 Å². The fraction of sp³-hybridized carbons (Fsp3) is 0.481. The highest BCUT2D eigenvalue weighted by Crippen LogP contribution is 2.45. The first-order valence-electron chi connectivity index (χ1n) is 11.9. The standard InChI is InChI=1S/C27H31NO4/c1-2-31-26(29)16-18-14-19-8-7-9-20(15-18)28(19)27(30)32-17-25-23-12-5-3-10-21(23)22-11-4-6-13-24(22)25/h3-6,10-13,18-20,25H,2,7-9,14-17H2,1H3. The van der Waals surface area contributed by atoms with Crippen molar-refractivity contribution in [3.8, 4) is 11.1 Å². The molecule has 2 atom stereocenters. The summed E-state index contributed by atoms with van der Waals surface area (Å²) in [5.41, 5.74) is 4.94. The third-order valence-electron chi connectivity index (χ3n) is 7.38. The quantitative estimate of drug-likeness (QED) is 0.583. The molecule has 2 aromatic rings. The van der Waals surface area contributed by atoms with Crippen LogP contribution < -0.4 is 0 Å². The van der Waals surface area contributed by atoms with Crippen molar-refractivity contribution in [2.45, 2.75) is 63.5 Å². The molecule has 5 nitrogen and oxygen atoms in total. The Morgan fingerprint density at radius 1 is 0.906 bits per heavy atom. The van der Waals surface area contributed by atoms with Crippen molar-refractivity contribution in [3.05, 3.63) is 59.7 Å². The molecule has 3 aliphatic rings. The molecule has 2 heterocycles. The van der Waals surface area contributed by atoms with Gasteiger partial charge in [0.05, 0.1) is 6.61 Å². The number of ether oxygens (including phenoxy) is 2. The first kappa shape index (κ1) is 21.0. The molecule has 0 saturated carbocycles. The first-order valence-corrected chi connectivity index (χ1v) is 11.9. The molecule has 0 radical (unpaired) electrons. The Balaban J connectivity index is 1.27. The van der Waals surface area contributed by atoms with E-state index >= 15 is 0 Å². The fourth-order valence-corrected chi connectivity index (χ4v) is 6.08. The summed E-state index contributed by atoms with van der Waals surface area (Å²) in [4.78, 5) is 27.2. The smallest absolute Gasteiger partial charge is 0.410 e. The monoisotopic (exact) mass is 433 g/mol. The van der Waals surface area contributed by atoms with Crippen molar-refractivity contribution in [2.24, 2.45) is 5.92 Å². The van der Waals surface area contributed by atoms with Crippen LogP contribution in [-0.4, -0.2) is 42.3 Å². The average Bonchev–Trinajstić information content (AvgIpc) is 3.11. The number of hydrogen-bond acceptors (Lipinski definition) is 4. The second-order valence-corrected chi connectivity index (χ2v) is 9.30. The van der Waals surface area contributed by atoms with Gasteiger partial charge in [-0.05, 0) is 67.2 Å². The van der Waals surface area contributed by atoms with Crippen molar-refractivity contribution in [1.29, 1.82) is 0 Å². The maximum Gasteiger partial charge on any atom is 0.410 e. The van der Waals surface area contributed by atoms with Crippen LogP contribution in [0.3, 0.4) is 0 Å². The molecule has 5 rings (SSSR count). The highest BCUT2D eigenvalue weighted by Gasteiger charge is 2.42. The van der Waals surface area contributed by atoms with E-state index in [1.807, 2.05) is 11.8 Å². The number of benzene rings is 2. The van der Waals surface area contributed by atoms with Crippen LogP contribution in [0.4, 0.5) is 4.79 Å². The van der Waals surface area contributed by atoms with Crippen molar-refractivity contribution in [2.75, 3.05) is 13.2 Å². The van der Waals surface area contributed by atoms with E-state index in [0.717, 1.165) is 32.1 Å². The Morgan fingerprint density at radius 3 is 2.09 bits per heavy atom. The lowest BCUT2D eigenvalue weighted by atomic mass is 9.77. The van der Waals surface area contributed by atoms with E-state index in [4.69, 9.17) is 9.47 Å². The van der Waals surface area contributed by atoms with Gasteiger partial charge in [-0.25, -0.2) is 4.79 Å². The Morgan fingerprint density at radius 2 is 1.50 bits per heavy atom. The van der Waals surface area contributed by atoms with Gasteiger partial charge in [0.15, 0.2) is 0 Å². The van der Waals surface area contributed by atoms with Gasteiger partial charge in [0.25, 0.3) is 0 Å². The van der Waals surface area contributed by atoms with Crippen LogP contribution >= 0.6 is 0 Å². The number of nitrogens with zero attached hydrogens (tertiary/aromatic N) is 1. The number of carbonyl (C=O) groups excluding carboxylic acids is 2. The molecule has 2 aliphatic heterocycles. The zero-order chi connectivity index (χ0) is 22.1. The largest absolute Gasteiger partial charge is 0.466 e. The number of carbonyl (C=O) groups is 2. The van der Waals surface area contributed by atoms with Crippen LogP contribution in [0.25, 0.3) is 11.1 Å². The van der Waals surface area contributed by atoms with Crippen LogP contribution in [0.5, 0.6) is 0 Å². The summed E-state index contributed by atoms with van der Waals surface area (Å²) < 4.78 is 11.1. The lowest BCUT2D eigenvalue weighted by molar-refractivity contribution is -0.145. The maximum absolute atomic E-state index is 13.2. The minimum atomic E-state index is -0.198. The van der Waals surface area contributed by atoms with E-state index in [2.05, 4.69) is 48.5 Å². The van der Waals surface area contributed by atoms with Crippen LogP contribution in [0, 0.1) is 5.92 Å². The number of piperidine rings is 2. The normalized spacial score (nSPS) is 23.9. The van der Waals surface area contributed by atoms with Gasteiger partial charge in [0, 0.05) is 24.4 Å². The Bertz CT molecular complexity index is 943. The summed E-state index contributed by atoms with van der Waals surface area (Å²) in [5, 5.41) is 0. The van der Waals surface area contributed by atoms with Gasteiger partial charge in [0.2, 0.25) is 0 Å². The number of rotatable bonds is 5. The second-order valence-electron chi connectivity index (χ2n) is 9.30. The maximum atomic E-state index is 13.2. The lowest BCUT2D eigenvalue weighted by Crippen LogP contribution is -2.55. The predicted octanol–water partition coefficient (Wildman–Crippen LogP) is 5.52. The molecular weight excluding hydrogens is 402 g/mol. The average molecular weight is 434 g/mol. The summed E-state index contributed by atoms with van der Waals surface area (Å²) >= 11 is 0. The van der Waals surface area contributed by atoms with Gasteiger partial charge < -0.3 is 14.4 Å².